The van der Waals surface area contributed by atoms with E-state index in [1.807, 2.05) is 0 Å². The van der Waals surface area contributed by atoms with Gasteiger partial charge in [-0.25, -0.2) is 0 Å². The van der Waals surface area contributed by atoms with Crippen molar-refractivity contribution in [2.24, 2.45) is 11.8 Å². The molecule has 1 amide bonds. The first kappa shape index (κ1) is 9.97. The second-order valence-electron chi connectivity index (χ2n) is 4.71. The topological polar surface area (TPSA) is 41.1 Å². The molecule has 1 aliphatic heterocycles. The van der Waals surface area contributed by atoms with Crippen LogP contribution in [0.25, 0.3) is 0 Å². The first-order chi connectivity index (χ1) is 6.77. The fraction of sp³-hybridized carbons (Fsp3) is 0.909. The molecule has 3 heteroatoms. The normalized spacial score (nSPS) is 28.8. The van der Waals surface area contributed by atoms with Gasteiger partial charge in [0.15, 0.2) is 0 Å². The predicted molar refractivity (Wildman–Crippen MR) is 55.9 cm³/mol. The fourth-order valence-electron chi connectivity index (χ4n) is 2.13. The molecule has 0 aromatic carbocycles. The van der Waals surface area contributed by atoms with Crippen LogP contribution in [-0.4, -0.2) is 25.0 Å². The lowest BCUT2D eigenvalue weighted by molar-refractivity contribution is -0.122. The van der Waals surface area contributed by atoms with Gasteiger partial charge < -0.3 is 10.6 Å². The molecule has 2 N–H and O–H groups in total. The number of amides is 1. The van der Waals surface area contributed by atoms with E-state index in [9.17, 15) is 4.79 Å². The highest BCUT2D eigenvalue weighted by Crippen LogP contribution is 2.36. The van der Waals surface area contributed by atoms with Gasteiger partial charge in [0.2, 0.25) is 5.91 Å². The largest absolute Gasteiger partial charge is 0.354 e. The Labute approximate surface area is 85.6 Å². The van der Waals surface area contributed by atoms with Crippen molar-refractivity contribution >= 4 is 5.91 Å². The molecule has 3 nitrogen and oxygen atoms in total. The van der Waals surface area contributed by atoms with Gasteiger partial charge in [0.25, 0.3) is 0 Å². The molecule has 2 aliphatic rings. The van der Waals surface area contributed by atoms with Gasteiger partial charge in [-0.2, -0.15) is 0 Å². The molecule has 14 heavy (non-hydrogen) atoms. The maximum absolute atomic E-state index is 11.6. The Morgan fingerprint density at radius 3 is 2.86 bits per heavy atom. The summed E-state index contributed by atoms with van der Waals surface area (Å²) in [7, 11) is 0. The Morgan fingerprint density at radius 1 is 1.50 bits per heavy atom. The van der Waals surface area contributed by atoms with E-state index in [2.05, 4.69) is 17.6 Å². The minimum atomic E-state index is 0.0846. The highest BCUT2D eigenvalue weighted by molar-refractivity contribution is 5.81. The van der Waals surface area contributed by atoms with Gasteiger partial charge in [-0.1, -0.05) is 6.92 Å². The maximum atomic E-state index is 11.6. The van der Waals surface area contributed by atoms with Crippen molar-refractivity contribution in [1.29, 1.82) is 0 Å². The van der Waals surface area contributed by atoms with Crippen molar-refractivity contribution in [2.45, 2.75) is 38.6 Å². The van der Waals surface area contributed by atoms with E-state index in [1.165, 1.54) is 12.8 Å². The van der Waals surface area contributed by atoms with Crippen LogP contribution in [-0.2, 0) is 4.79 Å². The second-order valence-corrected chi connectivity index (χ2v) is 4.71. The summed E-state index contributed by atoms with van der Waals surface area (Å²) in [6.45, 7) is 4.10. The van der Waals surface area contributed by atoms with E-state index in [4.69, 9.17) is 0 Å². The summed E-state index contributed by atoms with van der Waals surface area (Å²) in [5.74, 6) is 1.75. The number of carbonyl (C=O) groups is 1. The van der Waals surface area contributed by atoms with Crippen molar-refractivity contribution in [3.63, 3.8) is 0 Å². The van der Waals surface area contributed by atoms with Gasteiger partial charge in [0, 0.05) is 6.54 Å². The number of nitrogens with one attached hydrogen (secondary N) is 2. The zero-order valence-electron chi connectivity index (χ0n) is 8.88. The van der Waals surface area contributed by atoms with Crippen molar-refractivity contribution in [3.8, 4) is 0 Å². The number of hydrogen-bond donors (Lipinski definition) is 2. The Hall–Kier alpha value is -0.570. The zero-order valence-corrected chi connectivity index (χ0v) is 8.88. The molecule has 1 saturated carbocycles. The van der Waals surface area contributed by atoms with Crippen LogP contribution in [0, 0.1) is 11.8 Å². The summed E-state index contributed by atoms with van der Waals surface area (Å²) in [5.41, 5.74) is 0. The van der Waals surface area contributed by atoms with E-state index in [-0.39, 0.29) is 11.9 Å². The summed E-state index contributed by atoms with van der Waals surface area (Å²) in [4.78, 5) is 11.6. The van der Waals surface area contributed by atoms with Crippen LogP contribution in [0.4, 0.5) is 0 Å². The summed E-state index contributed by atoms with van der Waals surface area (Å²) in [6, 6.07) is 0.0846. The van der Waals surface area contributed by atoms with Gasteiger partial charge in [-0.05, 0) is 44.1 Å². The molecule has 0 radical (unpaired) electrons. The Bertz CT molecular complexity index is 207. The smallest absolute Gasteiger partial charge is 0.237 e. The van der Waals surface area contributed by atoms with Crippen LogP contribution in [0.3, 0.4) is 0 Å². The number of hydrogen-bond acceptors (Lipinski definition) is 2. The summed E-state index contributed by atoms with van der Waals surface area (Å²) in [6.07, 6.45) is 4.86. The molecule has 1 saturated heterocycles. The van der Waals surface area contributed by atoms with Crippen LogP contribution < -0.4 is 10.6 Å². The van der Waals surface area contributed by atoms with Gasteiger partial charge in [-0.3, -0.25) is 4.79 Å². The molecule has 2 fully saturated rings. The van der Waals surface area contributed by atoms with Crippen LogP contribution in [0.2, 0.25) is 0 Å². The summed E-state index contributed by atoms with van der Waals surface area (Å²) in [5, 5.41) is 6.26. The number of carbonyl (C=O) groups excluding carboxylic acids is 1. The minimum Gasteiger partial charge on any atom is -0.354 e. The Kier molecular flexibility index (Phi) is 3.06. The average Bonchev–Trinajstić information content (AvgIpc) is 2.90. The average molecular weight is 196 g/mol. The molecular formula is C11H20N2O. The fourth-order valence-corrected chi connectivity index (χ4v) is 2.13. The lowest BCUT2D eigenvalue weighted by atomic mass is 10.1. The zero-order chi connectivity index (χ0) is 9.97. The monoisotopic (exact) mass is 196 g/mol. The van der Waals surface area contributed by atoms with Crippen LogP contribution >= 0.6 is 0 Å². The van der Waals surface area contributed by atoms with Crippen molar-refractivity contribution < 1.29 is 4.79 Å². The first-order valence-electron chi connectivity index (χ1n) is 5.78. The van der Waals surface area contributed by atoms with E-state index in [1.54, 1.807) is 0 Å². The lowest BCUT2D eigenvalue weighted by Crippen LogP contribution is -2.42. The lowest BCUT2D eigenvalue weighted by Gasteiger charge is -2.14. The molecular weight excluding hydrogens is 176 g/mol. The molecule has 1 aliphatic carbocycles. The van der Waals surface area contributed by atoms with Crippen LogP contribution in [0.15, 0.2) is 0 Å². The Balaban J connectivity index is 1.66. The van der Waals surface area contributed by atoms with E-state index in [0.717, 1.165) is 31.8 Å². The molecule has 80 valence electrons. The predicted octanol–water partition coefficient (Wildman–Crippen LogP) is 0.901. The minimum absolute atomic E-state index is 0.0846. The molecule has 2 rings (SSSR count). The highest BCUT2D eigenvalue weighted by atomic mass is 16.2. The quantitative estimate of drug-likeness (QED) is 0.701. The molecule has 0 bridgehead atoms. The third-order valence-corrected chi connectivity index (χ3v) is 3.40. The molecule has 1 unspecified atom stereocenters. The van der Waals surface area contributed by atoms with Crippen molar-refractivity contribution in [1.82, 2.24) is 10.6 Å². The SMILES string of the molecule is CC(CNC(=O)[C@@H]1CCCN1)C1CC1. The van der Waals surface area contributed by atoms with Gasteiger partial charge >= 0.3 is 0 Å². The van der Waals surface area contributed by atoms with Gasteiger partial charge in [-0.15, -0.1) is 0 Å². The molecule has 0 spiro atoms. The maximum Gasteiger partial charge on any atom is 0.237 e. The summed E-state index contributed by atoms with van der Waals surface area (Å²) >= 11 is 0. The number of rotatable bonds is 4. The second kappa shape index (κ2) is 4.30. The summed E-state index contributed by atoms with van der Waals surface area (Å²) < 4.78 is 0. The van der Waals surface area contributed by atoms with Crippen molar-refractivity contribution in [2.75, 3.05) is 13.1 Å². The van der Waals surface area contributed by atoms with E-state index >= 15 is 0 Å². The van der Waals surface area contributed by atoms with Crippen LogP contribution in [0.1, 0.15) is 32.6 Å². The Morgan fingerprint density at radius 2 is 2.29 bits per heavy atom. The van der Waals surface area contributed by atoms with E-state index in [0.29, 0.717) is 5.92 Å². The molecule has 1 heterocycles. The highest BCUT2D eigenvalue weighted by Gasteiger charge is 2.29. The van der Waals surface area contributed by atoms with Gasteiger partial charge in [0.1, 0.15) is 0 Å². The molecule has 2 atom stereocenters. The third-order valence-electron chi connectivity index (χ3n) is 3.40. The standard InChI is InChI=1S/C11H20N2O/c1-8(9-4-5-9)7-13-11(14)10-3-2-6-12-10/h8-10,12H,2-7H2,1H3,(H,13,14)/t8?,10-/m0/s1. The molecule has 0 aromatic rings. The van der Waals surface area contributed by atoms with Crippen LogP contribution in [0.5, 0.6) is 0 Å². The first-order valence-corrected chi connectivity index (χ1v) is 5.78. The van der Waals surface area contributed by atoms with Crippen molar-refractivity contribution in [3.05, 3.63) is 0 Å². The third kappa shape index (κ3) is 2.47. The molecule has 0 aromatic heterocycles. The van der Waals surface area contributed by atoms with E-state index < -0.39 is 0 Å². The van der Waals surface area contributed by atoms with Gasteiger partial charge in [0.05, 0.1) is 6.04 Å².